The maximum absolute atomic E-state index is 14.5. The number of carbonyl (C=O) groups is 2. The van der Waals surface area contributed by atoms with Crippen LogP contribution in [-0.4, -0.2) is 67.4 Å². The van der Waals surface area contributed by atoms with Crippen molar-refractivity contribution in [1.82, 2.24) is 10.0 Å². The van der Waals surface area contributed by atoms with Crippen molar-refractivity contribution < 1.29 is 37.4 Å². The molecule has 16 heteroatoms. The van der Waals surface area contributed by atoms with Crippen molar-refractivity contribution in [3.8, 4) is 0 Å². The number of hydrazone groups is 2. The maximum atomic E-state index is 14.5. The summed E-state index contributed by atoms with van der Waals surface area (Å²) in [5.74, 6) is -4.34. The van der Waals surface area contributed by atoms with Crippen molar-refractivity contribution in [3.05, 3.63) is 143 Å². The Kier molecular flexibility index (Phi) is 15.7. The Hall–Kier alpha value is -4.58. The predicted molar refractivity (Wildman–Crippen MR) is 229 cm³/mol. The number of rotatable bonds is 14. The summed E-state index contributed by atoms with van der Waals surface area (Å²) in [4.78, 5) is 24.4. The van der Waals surface area contributed by atoms with E-state index in [1.165, 1.54) is 33.5 Å². The Morgan fingerprint density at radius 1 is 0.617 bits per heavy atom. The number of halogens is 4. The van der Waals surface area contributed by atoms with Gasteiger partial charge in [-0.3, -0.25) is 9.59 Å². The first-order valence-corrected chi connectivity index (χ1v) is 21.2. The summed E-state index contributed by atoms with van der Waals surface area (Å²) in [6.45, 7) is 7.68. The number of nitrogens with zero attached hydrogens (tertiary/aromatic N) is 4. The van der Waals surface area contributed by atoms with E-state index in [0.29, 0.717) is 38.8 Å². The molecule has 0 bridgehead atoms. The molecule has 0 aromatic heterocycles. The number of hydrogen-bond acceptors (Lipinski definition) is 10. The molecule has 2 heterocycles. The van der Waals surface area contributed by atoms with Crippen LogP contribution in [0.2, 0.25) is 0 Å². The van der Waals surface area contributed by atoms with E-state index in [2.05, 4.69) is 10.2 Å². The molecule has 6 rings (SSSR count). The molecule has 320 valence electrons. The Labute approximate surface area is 356 Å². The minimum atomic E-state index is -1.29. The summed E-state index contributed by atoms with van der Waals surface area (Å²) in [5.41, 5.74) is 13.0. The van der Waals surface area contributed by atoms with Gasteiger partial charge in [-0.15, -0.1) is 0 Å². The largest absolute Gasteiger partial charge is 0.383 e. The van der Waals surface area contributed by atoms with Crippen LogP contribution in [-0.2, 0) is 19.3 Å². The molecule has 0 fully saturated rings. The fraction of sp³-hybridized carbons (Fsp3) is 0.364. The number of aliphatic hydroxyl groups excluding tert-OH is 2. The molecule has 2 aliphatic rings. The number of aliphatic hydroxyl groups is 2. The quantitative estimate of drug-likeness (QED) is 0.0944. The van der Waals surface area contributed by atoms with Crippen molar-refractivity contribution in [2.24, 2.45) is 33.5 Å². The lowest BCUT2D eigenvalue weighted by atomic mass is 9.98. The highest BCUT2D eigenvalue weighted by atomic mass is 32.2. The molecule has 0 saturated carbocycles. The SMILES string of the molecule is CC(C)[C@H](O)C(=O)N1N=C(c2cc(F)ccc2F)S[C@@]1(CCCN)c1ccccc1.CC(C)[C@H](O)C(=O)N1N=C(c2cc(F)ccc2F)S[C@]1(CCCN)c1ccccc1. The van der Waals surface area contributed by atoms with E-state index in [9.17, 15) is 37.4 Å². The molecule has 0 aliphatic carbocycles. The van der Waals surface area contributed by atoms with Crippen LogP contribution in [0.3, 0.4) is 0 Å². The van der Waals surface area contributed by atoms with Gasteiger partial charge in [0, 0.05) is 11.1 Å². The summed E-state index contributed by atoms with van der Waals surface area (Å²) in [7, 11) is 0. The third kappa shape index (κ3) is 9.96. The van der Waals surface area contributed by atoms with E-state index in [1.54, 1.807) is 27.7 Å². The fourth-order valence-corrected chi connectivity index (χ4v) is 9.50. The van der Waals surface area contributed by atoms with Crippen molar-refractivity contribution in [2.75, 3.05) is 13.1 Å². The lowest BCUT2D eigenvalue weighted by molar-refractivity contribution is -0.146. The average molecular weight is 867 g/mol. The van der Waals surface area contributed by atoms with Gasteiger partial charge >= 0.3 is 0 Å². The maximum Gasteiger partial charge on any atom is 0.273 e. The minimum absolute atomic E-state index is 0.0256. The lowest BCUT2D eigenvalue weighted by Gasteiger charge is -2.37. The van der Waals surface area contributed by atoms with Gasteiger partial charge in [0.1, 0.15) is 55.3 Å². The van der Waals surface area contributed by atoms with Crippen LogP contribution >= 0.6 is 23.5 Å². The third-order valence-corrected chi connectivity index (χ3v) is 12.9. The zero-order chi connectivity index (χ0) is 43.8. The molecule has 4 atom stereocenters. The topological polar surface area (TPSA) is 158 Å². The highest BCUT2D eigenvalue weighted by molar-refractivity contribution is 8.15. The molecule has 2 aliphatic heterocycles. The number of amides is 2. The highest BCUT2D eigenvalue weighted by Crippen LogP contribution is 2.52. The molecular weight excluding hydrogens is 817 g/mol. The Morgan fingerprint density at radius 2 is 0.967 bits per heavy atom. The number of carbonyl (C=O) groups excluding carboxylic acids is 2. The van der Waals surface area contributed by atoms with E-state index >= 15 is 0 Å². The van der Waals surface area contributed by atoms with Crippen molar-refractivity contribution in [2.45, 2.75) is 75.3 Å². The van der Waals surface area contributed by atoms with Crippen LogP contribution in [0.1, 0.15) is 75.6 Å². The summed E-state index contributed by atoms with van der Waals surface area (Å²) in [6.07, 6.45) is -0.577. The second-order valence-electron chi connectivity index (χ2n) is 15.0. The van der Waals surface area contributed by atoms with Crippen LogP contribution in [0, 0.1) is 35.1 Å². The molecule has 60 heavy (non-hydrogen) atoms. The van der Waals surface area contributed by atoms with E-state index in [0.717, 1.165) is 47.5 Å². The summed E-state index contributed by atoms with van der Waals surface area (Å²) >= 11 is 2.35. The monoisotopic (exact) mass is 866 g/mol. The van der Waals surface area contributed by atoms with Gasteiger partial charge in [0.05, 0.1) is 0 Å². The van der Waals surface area contributed by atoms with Crippen molar-refractivity contribution >= 4 is 45.4 Å². The second-order valence-corrected chi connectivity index (χ2v) is 17.6. The third-order valence-electron chi connectivity index (χ3n) is 9.99. The highest BCUT2D eigenvalue weighted by Gasteiger charge is 2.51. The van der Waals surface area contributed by atoms with Gasteiger partial charge in [-0.25, -0.2) is 27.6 Å². The van der Waals surface area contributed by atoms with Crippen LogP contribution in [0.5, 0.6) is 0 Å². The van der Waals surface area contributed by atoms with Crippen LogP contribution in [0.25, 0.3) is 0 Å². The van der Waals surface area contributed by atoms with Crippen LogP contribution in [0.4, 0.5) is 17.6 Å². The van der Waals surface area contributed by atoms with Crippen LogP contribution < -0.4 is 11.5 Å². The van der Waals surface area contributed by atoms with Gasteiger partial charge in [0.15, 0.2) is 0 Å². The first-order valence-electron chi connectivity index (χ1n) is 19.6. The Morgan fingerprint density at radius 3 is 1.28 bits per heavy atom. The van der Waals surface area contributed by atoms with E-state index < -0.39 is 57.0 Å². The second kappa shape index (κ2) is 20.3. The van der Waals surface area contributed by atoms with E-state index in [4.69, 9.17) is 11.5 Å². The number of benzene rings is 4. The van der Waals surface area contributed by atoms with Gasteiger partial charge in [0.2, 0.25) is 0 Å². The fourth-order valence-electron chi connectivity index (χ4n) is 6.65. The first kappa shape index (κ1) is 46.5. The molecule has 10 nitrogen and oxygen atoms in total. The smallest absolute Gasteiger partial charge is 0.273 e. The minimum Gasteiger partial charge on any atom is -0.383 e. The molecular formula is C44H50F4N6O4S2. The zero-order valence-corrected chi connectivity index (χ0v) is 35.4. The molecule has 0 saturated heterocycles. The number of hydrogen-bond donors (Lipinski definition) is 4. The van der Waals surface area contributed by atoms with Crippen molar-refractivity contribution in [3.63, 3.8) is 0 Å². The van der Waals surface area contributed by atoms with Gasteiger partial charge < -0.3 is 21.7 Å². The molecule has 4 aromatic rings. The molecule has 0 unspecified atom stereocenters. The average Bonchev–Trinajstić information content (AvgIpc) is 3.84. The molecule has 6 N–H and O–H groups in total. The Balaban J connectivity index is 0.000000228. The van der Waals surface area contributed by atoms with E-state index in [-0.39, 0.29) is 33.1 Å². The number of nitrogens with two attached hydrogens (primary N) is 2. The van der Waals surface area contributed by atoms with Crippen LogP contribution in [0.15, 0.2) is 107 Å². The molecule has 0 spiro atoms. The predicted octanol–water partition coefficient (Wildman–Crippen LogP) is 7.62. The summed E-state index contributed by atoms with van der Waals surface area (Å²) < 4.78 is 56.7. The molecule has 2 amide bonds. The molecule has 0 radical (unpaired) electrons. The zero-order valence-electron chi connectivity index (χ0n) is 33.8. The number of thioether (sulfide) groups is 2. The van der Waals surface area contributed by atoms with Gasteiger partial charge in [0.25, 0.3) is 11.8 Å². The first-order chi connectivity index (χ1) is 28.6. The van der Waals surface area contributed by atoms with Gasteiger partial charge in [-0.05, 0) is 98.1 Å². The van der Waals surface area contributed by atoms with Gasteiger partial charge in [-0.1, -0.05) is 112 Å². The standard InChI is InChI=1S/2C22H25F2N3O2S/c2*1-14(2)19(28)21(29)27-22(11-6-12-25,15-7-4-3-5-8-15)30-20(26-27)17-13-16(23)9-10-18(17)24/h2*3-5,7-10,13-14,19,28H,6,11-12,25H2,1-2H3/t19-,22+;19-,22-/m00/s1. The normalized spacial score (nSPS) is 19.8. The van der Waals surface area contributed by atoms with E-state index in [1.807, 2.05) is 60.7 Å². The van der Waals surface area contributed by atoms with Crippen molar-refractivity contribution in [1.29, 1.82) is 0 Å². The Bertz CT molecular complexity index is 2030. The van der Waals surface area contributed by atoms with Gasteiger partial charge in [-0.2, -0.15) is 10.2 Å². The molecule has 4 aromatic carbocycles. The summed E-state index contributed by atoms with van der Waals surface area (Å²) in [5, 5.41) is 32.6. The lowest BCUT2D eigenvalue weighted by Crippen LogP contribution is -2.47. The summed E-state index contributed by atoms with van der Waals surface area (Å²) in [6, 6.07) is 24.7.